The van der Waals surface area contributed by atoms with Gasteiger partial charge in [0.15, 0.2) is 0 Å². The van der Waals surface area contributed by atoms with Crippen molar-refractivity contribution in [2.24, 2.45) is 0 Å². The lowest BCUT2D eigenvalue weighted by molar-refractivity contribution is 0.254. The minimum Gasteiger partial charge on any atom is -0.307 e. The van der Waals surface area contributed by atoms with E-state index < -0.39 is 0 Å². The normalized spacial score (nSPS) is 20.9. The molecular weight excluding hydrogens is 296 g/mol. The van der Waals surface area contributed by atoms with Crippen LogP contribution in [-0.4, -0.2) is 30.6 Å². The summed E-state index contributed by atoms with van der Waals surface area (Å²) in [4.78, 5) is 5.55. The van der Waals surface area contributed by atoms with Gasteiger partial charge in [-0.3, -0.25) is 4.90 Å². The Morgan fingerprint density at radius 2 is 2.14 bits per heavy atom. The average molecular weight is 321 g/mol. The Bertz CT molecular complexity index is 507. The van der Waals surface area contributed by atoms with E-state index in [1.54, 1.807) is 0 Å². The molecule has 2 aromatic rings. The molecule has 2 aromatic heterocycles. The van der Waals surface area contributed by atoms with Crippen molar-refractivity contribution in [3.05, 3.63) is 44.8 Å². The lowest BCUT2D eigenvalue weighted by Crippen LogP contribution is -2.39. The van der Waals surface area contributed by atoms with E-state index in [2.05, 4.69) is 52.2 Å². The molecule has 1 aliphatic heterocycles. The van der Waals surface area contributed by atoms with Crippen molar-refractivity contribution in [2.75, 3.05) is 19.6 Å². The van der Waals surface area contributed by atoms with E-state index in [-0.39, 0.29) is 0 Å². The van der Waals surface area contributed by atoms with E-state index in [0.29, 0.717) is 6.04 Å². The lowest BCUT2D eigenvalue weighted by Gasteiger charge is -2.26. The highest BCUT2D eigenvalue weighted by Crippen LogP contribution is 2.25. The average Bonchev–Trinajstić information content (AvgIpc) is 3.23. The van der Waals surface area contributed by atoms with E-state index in [1.807, 2.05) is 22.7 Å². The fourth-order valence-corrected chi connectivity index (χ4v) is 4.77. The van der Waals surface area contributed by atoms with Crippen LogP contribution >= 0.6 is 22.7 Å². The highest BCUT2D eigenvalue weighted by Gasteiger charge is 2.24. The molecule has 0 aromatic carbocycles. The molecule has 2 unspecified atom stereocenters. The number of hydrogen-bond donors (Lipinski definition) is 1. The summed E-state index contributed by atoms with van der Waals surface area (Å²) in [6.45, 7) is 5.85. The molecule has 0 radical (unpaired) electrons. The van der Waals surface area contributed by atoms with Crippen LogP contribution in [0.15, 0.2) is 35.0 Å². The number of nitrogens with zero attached hydrogens (tertiary/aromatic N) is 1. The molecule has 0 bridgehead atoms. The van der Waals surface area contributed by atoms with Gasteiger partial charge in [-0.05, 0) is 48.8 Å². The van der Waals surface area contributed by atoms with Crippen LogP contribution in [0.2, 0.25) is 0 Å². The van der Waals surface area contributed by atoms with E-state index in [4.69, 9.17) is 0 Å². The molecule has 1 N–H and O–H groups in total. The maximum Gasteiger partial charge on any atom is 0.0464 e. The highest BCUT2D eigenvalue weighted by atomic mass is 32.1. The third kappa shape index (κ3) is 3.95. The van der Waals surface area contributed by atoms with E-state index in [1.165, 1.54) is 35.7 Å². The molecule has 1 saturated heterocycles. The van der Waals surface area contributed by atoms with Crippen LogP contribution in [0.4, 0.5) is 0 Å². The number of likely N-dealkylation sites (N-methyl/N-ethyl adjacent to an activating group) is 1. The molecular formula is C17H24N2S2. The summed E-state index contributed by atoms with van der Waals surface area (Å²) in [5, 5.41) is 8.21. The topological polar surface area (TPSA) is 15.3 Å². The van der Waals surface area contributed by atoms with E-state index in [9.17, 15) is 0 Å². The summed E-state index contributed by atoms with van der Waals surface area (Å²) >= 11 is 3.74. The molecule has 1 aliphatic rings. The minimum absolute atomic E-state index is 0.461. The summed E-state index contributed by atoms with van der Waals surface area (Å²) in [6, 6.07) is 10.0. The van der Waals surface area contributed by atoms with Gasteiger partial charge in [0.05, 0.1) is 0 Å². The summed E-state index contributed by atoms with van der Waals surface area (Å²) in [5.74, 6) is 0. The first-order chi connectivity index (χ1) is 10.4. The molecule has 2 nitrogen and oxygen atoms in total. The number of likely N-dealkylation sites (tertiary alicyclic amines) is 1. The van der Waals surface area contributed by atoms with Crippen molar-refractivity contribution in [1.29, 1.82) is 0 Å². The summed E-state index contributed by atoms with van der Waals surface area (Å²) in [7, 11) is 0. The molecule has 3 heterocycles. The third-order valence-corrected chi connectivity index (χ3v) is 6.26. The van der Waals surface area contributed by atoms with Crippen molar-refractivity contribution >= 4 is 22.7 Å². The van der Waals surface area contributed by atoms with Crippen LogP contribution in [0.5, 0.6) is 0 Å². The van der Waals surface area contributed by atoms with Gasteiger partial charge in [0, 0.05) is 34.8 Å². The van der Waals surface area contributed by atoms with Crippen LogP contribution in [0.25, 0.3) is 0 Å². The van der Waals surface area contributed by atoms with Crippen LogP contribution in [0.1, 0.15) is 35.6 Å². The molecule has 2 atom stereocenters. The second-order valence-corrected chi connectivity index (χ2v) is 7.70. The van der Waals surface area contributed by atoms with Crippen molar-refractivity contribution in [2.45, 2.75) is 38.3 Å². The second kappa shape index (κ2) is 7.54. The maximum absolute atomic E-state index is 3.84. The van der Waals surface area contributed by atoms with Gasteiger partial charge < -0.3 is 5.32 Å². The van der Waals surface area contributed by atoms with Crippen molar-refractivity contribution in [3.8, 4) is 0 Å². The Kier molecular flexibility index (Phi) is 5.47. The smallest absolute Gasteiger partial charge is 0.0464 e. The van der Waals surface area contributed by atoms with Crippen LogP contribution in [0.3, 0.4) is 0 Å². The number of hydrogen-bond acceptors (Lipinski definition) is 4. The molecule has 0 amide bonds. The molecule has 4 heteroatoms. The Morgan fingerprint density at radius 1 is 1.29 bits per heavy atom. The monoisotopic (exact) mass is 320 g/mol. The Morgan fingerprint density at radius 3 is 2.86 bits per heavy atom. The standard InChI is InChI=1S/C17H24N2S2/c1-2-19-9-3-6-14(19)13-18-16(17-8-5-11-21-17)12-15-7-4-10-20-15/h4-5,7-8,10-11,14,16,18H,2-3,6,9,12-13H2,1H3. The number of rotatable bonds is 7. The molecule has 1 fully saturated rings. The van der Waals surface area contributed by atoms with Gasteiger partial charge in [0.2, 0.25) is 0 Å². The van der Waals surface area contributed by atoms with E-state index in [0.717, 1.165) is 19.0 Å². The molecule has 0 spiro atoms. The first kappa shape index (κ1) is 15.2. The SMILES string of the molecule is CCN1CCCC1CNC(Cc1cccs1)c1cccs1. The minimum atomic E-state index is 0.461. The van der Waals surface area contributed by atoms with Gasteiger partial charge in [0.25, 0.3) is 0 Å². The van der Waals surface area contributed by atoms with Gasteiger partial charge in [-0.2, -0.15) is 0 Å². The summed E-state index contributed by atoms with van der Waals surface area (Å²) < 4.78 is 0. The van der Waals surface area contributed by atoms with Crippen LogP contribution in [0, 0.1) is 0 Å². The van der Waals surface area contributed by atoms with Gasteiger partial charge in [-0.15, -0.1) is 22.7 Å². The van der Waals surface area contributed by atoms with Crippen molar-refractivity contribution in [3.63, 3.8) is 0 Å². The predicted octanol–water partition coefficient (Wildman–Crippen LogP) is 4.17. The third-order valence-electron chi connectivity index (χ3n) is 4.38. The van der Waals surface area contributed by atoms with Gasteiger partial charge >= 0.3 is 0 Å². The van der Waals surface area contributed by atoms with Crippen molar-refractivity contribution in [1.82, 2.24) is 10.2 Å². The highest BCUT2D eigenvalue weighted by molar-refractivity contribution is 7.10. The van der Waals surface area contributed by atoms with Gasteiger partial charge in [-0.1, -0.05) is 19.1 Å². The molecule has 114 valence electrons. The first-order valence-electron chi connectivity index (χ1n) is 7.90. The molecule has 21 heavy (non-hydrogen) atoms. The molecule has 0 aliphatic carbocycles. The molecule has 3 rings (SSSR count). The number of nitrogens with one attached hydrogen (secondary N) is 1. The quantitative estimate of drug-likeness (QED) is 0.824. The molecule has 0 saturated carbocycles. The number of thiophene rings is 2. The summed E-state index contributed by atoms with van der Waals surface area (Å²) in [5.41, 5.74) is 0. The zero-order valence-corrected chi connectivity index (χ0v) is 14.3. The largest absolute Gasteiger partial charge is 0.307 e. The van der Waals surface area contributed by atoms with Gasteiger partial charge in [0.1, 0.15) is 0 Å². The second-order valence-electron chi connectivity index (χ2n) is 5.68. The predicted molar refractivity (Wildman–Crippen MR) is 93.4 cm³/mol. The van der Waals surface area contributed by atoms with Crippen molar-refractivity contribution < 1.29 is 0 Å². The Balaban J connectivity index is 1.62. The lowest BCUT2D eigenvalue weighted by atomic mass is 10.1. The zero-order chi connectivity index (χ0) is 14.5. The first-order valence-corrected chi connectivity index (χ1v) is 9.66. The van der Waals surface area contributed by atoms with Crippen LogP contribution in [-0.2, 0) is 6.42 Å². The Hall–Kier alpha value is -0.680. The Labute approximate surface area is 135 Å². The fraction of sp³-hybridized carbons (Fsp3) is 0.529. The zero-order valence-electron chi connectivity index (χ0n) is 12.6. The maximum atomic E-state index is 3.84. The summed E-state index contributed by atoms with van der Waals surface area (Å²) in [6.07, 6.45) is 3.81. The van der Waals surface area contributed by atoms with E-state index >= 15 is 0 Å². The fourth-order valence-electron chi connectivity index (χ4n) is 3.21. The van der Waals surface area contributed by atoms with Crippen LogP contribution < -0.4 is 5.32 Å². The van der Waals surface area contributed by atoms with Gasteiger partial charge in [-0.25, -0.2) is 0 Å².